The molecule has 4 unspecified atom stereocenters. The van der Waals surface area contributed by atoms with Gasteiger partial charge in [0.05, 0.1) is 11.1 Å². The van der Waals surface area contributed by atoms with Crippen molar-refractivity contribution >= 4 is 6.29 Å². The highest BCUT2D eigenvalue weighted by molar-refractivity contribution is 5.68. The lowest BCUT2D eigenvalue weighted by Crippen LogP contribution is -2.46. The summed E-state index contributed by atoms with van der Waals surface area (Å²) >= 11 is 0. The summed E-state index contributed by atoms with van der Waals surface area (Å²) in [5, 5.41) is 15.4. The minimum absolute atomic E-state index is 0.116. The maximum Gasteiger partial charge on any atom is 0.237 e. The van der Waals surface area contributed by atoms with E-state index in [1.807, 2.05) is 19.9 Å². The van der Waals surface area contributed by atoms with Gasteiger partial charge >= 0.3 is 0 Å². The lowest BCUT2D eigenvalue weighted by atomic mass is 9.76. The number of benzene rings is 2. The maximum absolute atomic E-state index is 12.4. The number of aldehydes is 1. The van der Waals surface area contributed by atoms with Crippen molar-refractivity contribution in [2.24, 2.45) is 17.3 Å². The quantitative estimate of drug-likeness (QED) is 0.199. The Bertz CT molecular complexity index is 1390. The highest BCUT2D eigenvalue weighted by Gasteiger charge is 2.51. The molecule has 3 aromatic rings. The molecule has 3 aliphatic rings. The van der Waals surface area contributed by atoms with Gasteiger partial charge in [0, 0.05) is 35.5 Å². The number of ether oxygens (including phenoxy) is 3. The van der Waals surface area contributed by atoms with Crippen LogP contribution in [0.2, 0.25) is 0 Å². The Labute approximate surface area is 248 Å². The SMILES string of the molecule is Cc1cc(C)cc(-c2[nH]nc(OC(C3C4CCC3NC4)C(C)(C)C=O)c2[C@H](C)CNCCc2ccc3c(c2)OCO3)c1. The van der Waals surface area contributed by atoms with Gasteiger partial charge in [-0.3, -0.25) is 5.10 Å². The Morgan fingerprint density at radius 1 is 1.12 bits per heavy atom. The second kappa shape index (κ2) is 11.7. The Kier molecular flexibility index (Phi) is 8.03. The predicted octanol–water partition coefficient (Wildman–Crippen LogP) is 5.33. The van der Waals surface area contributed by atoms with Crippen molar-refractivity contribution in [1.29, 1.82) is 0 Å². The topological polar surface area (TPSA) is 97.5 Å². The number of hydrogen-bond donors (Lipinski definition) is 3. The number of fused-ring (bicyclic) bond motifs is 3. The smallest absolute Gasteiger partial charge is 0.237 e. The molecule has 2 bridgehead atoms. The summed E-state index contributed by atoms with van der Waals surface area (Å²) in [4.78, 5) is 12.4. The molecular weight excluding hydrogens is 528 g/mol. The fraction of sp³-hybridized carbons (Fsp3) is 0.529. The van der Waals surface area contributed by atoms with Crippen molar-refractivity contribution in [2.75, 3.05) is 26.4 Å². The van der Waals surface area contributed by atoms with Gasteiger partial charge in [-0.1, -0.05) is 30.2 Å². The van der Waals surface area contributed by atoms with Crippen molar-refractivity contribution in [2.45, 2.75) is 71.9 Å². The molecule has 1 saturated heterocycles. The minimum atomic E-state index is -0.639. The van der Waals surface area contributed by atoms with Gasteiger partial charge in [-0.05, 0) is 95.8 Å². The number of nitrogens with zero attached hydrogens (tertiary/aromatic N) is 1. The molecule has 0 amide bonds. The molecule has 0 radical (unpaired) electrons. The lowest BCUT2D eigenvalue weighted by Gasteiger charge is -2.36. The normalized spacial score (nSPS) is 22.4. The molecule has 1 saturated carbocycles. The van der Waals surface area contributed by atoms with Gasteiger partial charge in [0.1, 0.15) is 12.4 Å². The molecular formula is C34H44N4O4. The van der Waals surface area contributed by atoms with E-state index in [4.69, 9.17) is 19.3 Å². The van der Waals surface area contributed by atoms with Gasteiger partial charge in [-0.15, -0.1) is 5.10 Å². The van der Waals surface area contributed by atoms with Crippen molar-refractivity contribution < 1.29 is 19.0 Å². The zero-order chi connectivity index (χ0) is 29.4. The summed E-state index contributed by atoms with van der Waals surface area (Å²) in [5.41, 5.74) is 6.12. The first-order chi connectivity index (χ1) is 20.2. The first-order valence-electron chi connectivity index (χ1n) is 15.4. The fourth-order valence-corrected chi connectivity index (χ4v) is 7.23. The van der Waals surface area contributed by atoms with Gasteiger partial charge in [-0.25, -0.2) is 0 Å². The van der Waals surface area contributed by atoms with E-state index >= 15 is 0 Å². The largest absolute Gasteiger partial charge is 0.472 e. The molecule has 1 aliphatic carbocycles. The van der Waals surface area contributed by atoms with E-state index in [1.165, 1.54) is 23.1 Å². The molecule has 5 atom stereocenters. The third kappa shape index (κ3) is 5.66. The summed E-state index contributed by atoms with van der Waals surface area (Å²) < 4.78 is 17.9. The predicted molar refractivity (Wildman–Crippen MR) is 163 cm³/mol. The van der Waals surface area contributed by atoms with Crippen LogP contribution >= 0.6 is 0 Å². The van der Waals surface area contributed by atoms with E-state index in [-0.39, 0.29) is 24.7 Å². The Hall–Kier alpha value is -3.36. The summed E-state index contributed by atoms with van der Waals surface area (Å²) in [6, 6.07) is 13.1. The number of aromatic amines is 1. The van der Waals surface area contributed by atoms with E-state index in [9.17, 15) is 4.79 Å². The molecule has 2 aliphatic heterocycles. The molecule has 8 heteroatoms. The Morgan fingerprint density at radius 2 is 1.90 bits per heavy atom. The maximum atomic E-state index is 12.4. The fourth-order valence-electron chi connectivity index (χ4n) is 7.23. The van der Waals surface area contributed by atoms with Crippen LogP contribution < -0.4 is 24.8 Å². The van der Waals surface area contributed by atoms with Crippen LogP contribution in [0.15, 0.2) is 36.4 Å². The number of nitrogens with one attached hydrogen (secondary N) is 3. The van der Waals surface area contributed by atoms with Crippen LogP contribution in [0.25, 0.3) is 11.3 Å². The number of carbonyl (C=O) groups is 1. The molecule has 42 heavy (non-hydrogen) atoms. The highest BCUT2D eigenvalue weighted by Crippen LogP contribution is 2.46. The van der Waals surface area contributed by atoms with E-state index in [1.54, 1.807) is 0 Å². The average molecular weight is 573 g/mol. The van der Waals surface area contributed by atoms with Crippen molar-refractivity contribution in [1.82, 2.24) is 20.8 Å². The van der Waals surface area contributed by atoms with Gasteiger partial charge < -0.3 is 29.6 Å². The number of aryl methyl sites for hydroxylation is 2. The van der Waals surface area contributed by atoms with Crippen LogP contribution in [0.3, 0.4) is 0 Å². The number of aromatic nitrogens is 2. The van der Waals surface area contributed by atoms with Crippen LogP contribution in [0.4, 0.5) is 0 Å². The Morgan fingerprint density at radius 3 is 2.60 bits per heavy atom. The van der Waals surface area contributed by atoms with E-state index in [0.717, 1.165) is 67.1 Å². The second-order valence-electron chi connectivity index (χ2n) is 13.1. The molecule has 8 nitrogen and oxygen atoms in total. The van der Waals surface area contributed by atoms with Crippen LogP contribution in [0.1, 0.15) is 61.8 Å². The van der Waals surface area contributed by atoms with E-state index in [2.05, 4.69) is 66.8 Å². The van der Waals surface area contributed by atoms with Gasteiger partial charge in [0.25, 0.3) is 0 Å². The van der Waals surface area contributed by atoms with E-state index in [0.29, 0.717) is 17.8 Å². The number of hydrogen-bond acceptors (Lipinski definition) is 7. The van der Waals surface area contributed by atoms with Crippen molar-refractivity contribution in [3.63, 3.8) is 0 Å². The number of rotatable bonds is 12. The standard InChI is InChI=1S/C34H44N4O4/c1-20-12-21(2)14-25(13-20)31-29(22(3)16-35-11-10-23-6-9-27-28(15-23)41-19-40-27)33(38-37-31)42-32(34(4,5)18-39)30-24-7-8-26(30)36-17-24/h6,9,12-15,18,22,24,26,30,32,35-36H,7-8,10-11,16-17,19H2,1-5H3,(H,37,38)/t22-,24?,26?,30?,32?/m1/s1. The third-order valence-corrected chi connectivity index (χ3v) is 9.37. The molecule has 3 heterocycles. The van der Waals surface area contributed by atoms with Gasteiger partial charge in [0.15, 0.2) is 11.5 Å². The van der Waals surface area contributed by atoms with Gasteiger partial charge in [-0.2, -0.15) is 0 Å². The van der Waals surface area contributed by atoms with Crippen LogP contribution in [0.5, 0.6) is 17.4 Å². The summed E-state index contributed by atoms with van der Waals surface area (Å²) in [6.45, 7) is 13.3. The van der Waals surface area contributed by atoms with Gasteiger partial charge in [0.2, 0.25) is 12.7 Å². The second-order valence-corrected chi connectivity index (χ2v) is 13.1. The minimum Gasteiger partial charge on any atom is -0.472 e. The molecule has 6 rings (SSSR count). The first-order valence-corrected chi connectivity index (χ1v) is 15.4. The average Bonchev–Trinajstić information content (AvgIpc) is 3.77. The van der Waals surface area contributed by atoms with Crippen molar-refractivity contribution in [3.8, 4) is 28.6 Å². The molecule has 2 fully saturated rings. The summed E-state index contributed by atoms with van der Waals surface area (Å²) in [6.07, 6.45) is 4.00. The highest BCUT2D eigenvalue weighted by atomic mass is 16.7. The number of piperidine rings is 1. The molecule has 3 N–H and O–H groups in total. The molecule has 2 aromatic carbocycles. The molecule has 224 valence electrons. The van der Waals surface area contributed by atoms with Crippen LogP contribution in [-0.4, -0.2) is 55.1 Å². The third-order valence-electron chi connectivity index (χ3n) is 9.37. The molecule has 1 aromatic heterocycles. The first kappa shape index (κ1) is 28.7. The number of H-pyrrole nitrogens is 1. The number of carbonyl (C=O) groups excluding carboxylic acids is 1. The van der Waals surface area contributed by atoms with Crippen LogP contribution in [-0.2, 0) is 11.2 Å². The zero-order valence-electron chi connectivity index (χ0n) is 25.5. The lowest BCUT2D eigenvalue weighted by molar-refractivity contribution is -0.121. The molecule has 0 spiro atoms. The van der Waals surface area contributed by atoms with E-state index < -0.39 is 5.41 Å². The van der Waals surface area contributed by atoms with Crippen LogP contribution in [0, 0.1) is 31.1 Å². The Balaban J connectivity index is 1.25. The van der Waals surface area contributed by atoms with Crippen molar-refractivity contribution in [3.05, 3.63) is 58.7 Å². The monoisotopic (exact) mass is 572 g/mol. The summed E-state index contributed by atoms with van der Waals surface area (Å²) in [7, 11) is 0. The zero-order valence-corrected chi connectivity index (χ0v) is 25.5. The summed E-state index contributed by atoms with van der Waals surface area (Å²) in [5.74, 6) is 3.16.